The molecular formula is C13H16F2N2O2S. The summed E-state index contributed by atoms with van der Waals surface area (Å²) >= 11 is 0. The van der Waals surface area contributed by atoms with Crippen LogP contribution in [-0.2, 0) is 10.0 Å². The predicted molar refractivity (Wildman–Crippen MR) is 72.4 cm³/mol. The summed E-state index contributed by atoms with van der Waals surface area (Å²) in [5.74, 6) is -1.93. The van der Waals surface area contributed by atoms with Gasteiger partial charge in [0.25, 0.3) is 0 Å². The Kier molecular flexibility index (Phi) is 4.39. The SMILES string of the molecule is Nc1cc(S(=O)(=O)NCC2CC=CCC2)c(F)cc1F. The third kappa shape index (κ3) is 3.34. The molecule has 0 heterocycles. The van der Waals surface area contributed by atoms with Crippen molar-refractivity contribution in [3.8, 4) is 0 Å². The van der Waals surface area contributed by atoms with Crippen molar-refractivity contribution in [2.75, 3.05) is 12.3 Å². The van der Waals surface area contributed by atoms with Crippen LogP contribution in [0.1, 0.15) is 19.3 Å². The maximum atomic E-state index is 13.6. The molecule has 0 amide bonds. The zero-order valence-corrected chi connectivity index (χ0v) is 11.6. The lowest BCUT2D eigenvalue weighted by Gasteiger charge is -2.18. The second-order valence-corrected chi connectivity index (χ2v) is 6.54. The summed E-state index contributed by atoms with van der Waals surface area (Å²) in [6.07, 6.45) is 6.62. The summed E-state index contributed by atoms with van der Waals surface area (Å²) in [7, 11) is -4.03. The van der Waals surface area contributed by atoms with Crippen LogP contribution in [0, 0.1) is 17.6 Å². The van der Waals surface area contributed by atoms with Crippen molar-refractivity contribution < 1.29 is 17.2 Å². The second kappa shape index (κ2) is 5.88. The number of nitrogens with one attached hydrogen (secondary N) is 1. The van der Waals surface area contributed by atoms with E-state index in [1.165, 1.54) is 0 Å². The van der Waals surface area contributed by atoms with E-state index in [4.69, 9.17) is 5.73 Å². The smallest absolute Gasteiger partial charge is 0.243 e. The maximum absolute atomic E-state index is 13.6. The fourth-order valence-corrected chi connectivity index (χ4v) is 3.31. The van der Waals surface area contributed by atoms with Crippen molar-refractivity contribution in [2.24, 2.45) is 5.92 Å². The normalized spacial score (nSPS) is 19.2. The van der Waals surface area contributed by atoms with E-state index in [2.05, 4.69) is 4.72 Å². The van der Waals surface area contributed by atoms with Crippen molar-refractivity contribution in [1.29, 1.82) is 0 Å². The van der Waals surface area contributed by atoms with Gasteiger partial charge in [0.15, 0.2) is 0 Å². The minimum atomic E-state index is -4.03. The van der Waals surface area contributed by atoms with Crippen molar-refractivity contribution in [3.63, 3.8) is 0 Å². The number of benzene rings is 1. The van der Waals surface area contributed by atoms with E-state index in [9.17, 15) is 17.2 Å². The minimum absolute atomic E-state index is 0.190. The van der Waals surface area contributed by atoms with Gasteiger partial charge in [-0.2, -0.15) is 0 Å². The number of sulfonamides is 1. The largest absolute Gasteiger partial charge is 0.396 e. The number of allylic oxidation sites excluding steroid dienone is 2. The molecule has 1 aliphatic carbocycles. The molecule has 4 nitrogen and oxygen atoms in total. The lowest BCUT2D eigenvalue weighted by atomic mass is 9.95. The van der Waals surface area contributed by atoms with Crippen LogP contribution in [0.4, 0.5) is 14.5 Å². The highest BCUT2D eigenvalue weighted by molar-refractivity contribution is 7.89. The molecule has 0 aliphatic heterocycles. The third-order valence-electron chi connectivity index (χ3n) is 3.28. The first-order valence-electron chi connectivity index (χ1n) is 6.29. The molecule has 0 saturated carbocycles. The fourth-order valence-electron chi connectivity index (χ4n) is 2.10. The lowest BCUT2D eigenvalue weighted by molar-refractivity contribution is 0.466. The molecule has 1 unspecified atom stereocenters. The average molecular weight is 302 g/mol. The Hall–Kier alpha value is -1.47. The standard InChI is InChI=1S/C13H16F2N2O2S/c14-10-6-11(15)13(7-12(10)16)20(18,19)17-8-9-4-2-1-3-5-9/h1-2,6-7,9,17H,3-5,8,16H2. The van der Waals surface area contributed by atoms with E-state index in [-0.39, 0.29) is 12.5 Å². The first-order valence-corrected chi connectivity index (χ1v) is 7.77. The number of halogens is 2. The highest BCUT2D eigenvalue weighted by atomic mass is 32.2. The first-order chi connectivity index (χ1) is 9.40. The summed E-state index contributed by atoms with van der Waals surface area (Å²) in [6.45, 7) is 0.226. The van der Waals surface area contributed by atoms with Gasteiger partial charge in [-0.3, -0.25) is 0 Å². The van der Waals surface area contributed by atoms with Gasteiger partial charge < -0.3 is 5.73 Å². The zero-order valence-electron chi connectivity index (χ0n) is 10.8. The summed E-state index contributed by atoms with van der Waals surface area (Å²) in [4.78, 5) is -0.622. The highest BCUT2D eigenvalue weighted by Gasteiger charge is 2.22. The number of hydrogen-bond donors (Lipinski definition) is 2. The van der Waals surface area contributed by atoms with E-state index < -0.39 is 32.2 Å². The van der Waals surface area contributed by atoms with Crippen LogP contribution in [0.25, 0.3) is 0 Å². The molecule has 0 bridgehead atoms. The molecule has 0 saturated heterocycles. The van der Waals surface area contributed by atoms with Crippen molar-refractivity contribution in [2.45, 2.75) is 24.2 Å². The molecule has 1 aliphatic rings. The van der Waals surface area contributed by atoms with Crippen LogP contribution >= 0.6 is 0 Å². The van der Waals surface area contributed by atoms with Gasteiger partial charge in [-0.1, -0.05) is 12.2 Å². The molecule has 3 N–H and O–H groups in total. The van der Waals surface area contributed by atoms with Gasteiger partial charge in [-0.25, -0.2) is 21.9 Å². The molecular weight excluding hydrogens is 286 g/mol. The Morgan fingerprint density at radius 2 is 2.00 bits per heavy atom. The molecule has 0 spiro atoms. The van der Waals surface area contributed by atoms with Gasteiger partial charge in [0.2, 0.25) is 10.0 Å². The minimum Gasteiger partial charge on any atom is -0.396 e. The molecule has 0 aromatic heterocycles. The zero-order chi connectivity index (χ0) is 14.8. The molecule has 2 rings (SSSR count). The van der Waals surface area contributed by atoms with Gasteiger partial charge >= 0.3 is 0 Å². The molecule has 0 radical (unpaired) electrons. The van der Waals surface area contributed by atoms with E-state index in [1.807, 2.05) is 12.2 Å². The first kappa shape index (κ1) is 14.9. The Balaban J connectivity index is 2.14. The van der Waals surface area contributed by atoms with Gasteiger partial charge in [-0.05, 0) is 31.2 Å². The van der Waals surface area contributed by atoms with Crippen molar-refractivity contribution in [1.82, 2.24) is 4.72 Å². The van der Waals surface area contributed by atoms with E-state index in [0.29, 0.717) is 6.07 Å². The van der Waals surface area contributed by atoms with Crippen LogP contribution in [-0.4, -0.2) is 15.0 Å². The van der Waals surface area contributed by atoms with Crippen LogP contribution in [0.3, 0.4) is 0 Å². The molecule has 7 heteroatoms. The van der Waals surface area contributed by atoms with Crippen LogP contribution in [0.2, 0.25) is 0 Å². The van der Waals surface area contributed by atoms with E-state index >= 15 is 0 Å². The maximum Gasteiger partial charge on any atom is 0.243 e. The van der Waals surface area contributed by atoms with Crippen molar-refractivity contribution >= 4 is 15.7 Å². The highest BCUT2D eigenvalue weighted by Crippen LogP contribution is 2.22. The van der Waals surface area contributed by atoms with Crippen LogP contribution in [0.5, 0.6) is 0 Å². The number of hydrogen-bond acceptors (Lipinski definition) is 3. The number of nitrogens with two attached hydrogens (primary N) is 1. The molecule has 1 atom stereocenters. The molecule has 1 aromatic rings. The Morgan fingerprint density at radius 1 is 1.25 bits per heavy atom. The van der Waals surface area contributed by atoms with Crippen LogP contribution < -0.4 is 10.5 Å². The Morgan fingerprint density at radius 3 is 2.65 bits per heavy atom. The predicted octanol–water partition coefficient (Wildman–Crippen LogP) is 2.18. The van der Waals surface area contributed by atoms with Gasteiger partial charge in [0, 0.05) is 12.6 Å². The number of rotatable bonds is 4. The number of anilines is 1. The fraction of sp³-hybridized carbons (Fsp3) is 0.385. The van der Waals surface area contributed by atoms with Gasteiger partial charge in [0.1, 0.15) is 16.5 Å². The molecule has 0 fully saturated rings. The van der Waals surface area contributed by atoms with Gasteiger partial charge in [-0.15, -0.1) is 0 Å². The van der Waals surface area contributed by atoms with E-state index in [1.54, 1.807) is 0 Å². The topological polar surface area (TPSA) is 72.2 Å². The molecule has 20 heavy (non-hydrogen) atoms. The molecule has 1 aromatic carbocycles. The van der Waals surface area contributed by atoms with Gasteiger partial charge in [0.05, 0.1) is 5.69 Å². The van der Waals surface area contributed by atoms with E-state index in [0.717, 1.165) is 25.3 Å². The summed E-state index contributed by atoms with van der Waals surface area (Å²) in [5.41, 5.74) is 4.89. The average Bonchev–Trinajstić information content (AvgIpc) is 2.42. The third-order valence-corrected chi connectivity index (χ3v) is 4.72. The summed E-state index contributed by atoms with van der Waals surface area (Å²) in [5, 5.41) is 0. The quantitative estimate of drug-likeness (QED) is 0.661. The lowest BCUT2D eigenvalue weighted by Crippen LogP contribution is -2.30. The summed E-state index contributed by atoms with van der Waals surface area (Å²) in [6, 6.07) is 1.28. The summed E-state index contributed by atoms with van der Waals surface area (Å²) < 4.78 is 53.0. The Bertz CT molecular complexity index is 630. The Labute approximate surface area is 116 Å². The van der Waals surface area contributed by atoms with Crippen LogP contribution in [0.15, 0.2) is 29.2 Å². The van der Waals surface area contributed by atoms with Crippen molar-refractivity contribution in [3.05, 3.63) is 35.9 Å². The molecule has 110 valence electrons. The number of nitrogen functional groups attached to an aromatic ring is 1. The second-order valence-electron chi connectivity index (χ2n) is 4.81. The monoisotopic (exact) mass is 302 g/mol.